The second kappa shape index (κ2) is 5.40. The summed E-state index contributed by atoms with van der Waals surface area (Å²) in [5.74, 6) is -1.22. The number of carbonyl (C=O) groups is 2. The normalized spacial score (nSPS) is 12.1. The summed E-state index contributed by atoms with van der Waals surface area (Å²) in [5, 5.41) is 14.7. The second-order valence-electron chi connectivity index (χ2n) is 3.19. The Kier molecular flexibility index (Phi) is 4.17. The number of carbonyl (C=O) groups excluding carboxylic acids is 1. The number of aliphatic carboxylic acids is 1. The third kappa shape index (κ3) is 4.03. The molecule has 1 aromatic heterocycles. The van der Waals surface area contributed by atoms with Crippen LogP contribution in [0.25, 0.3) is 0 Å². The van der Waals surface area contributed by atoms with E-state index in [4.69, 9.17) is 5.11 Å². The first-order valence-electron chi connectivity index (χ1n) is 4.37. The van der Waals surface area contributed by atoms with Crippen molar-refractivity contribution in [1.29, 1.82) is 0 Å². The molecule has 2 N–H and O–H groups in total. The van der Waals surface area contributed by atoms with Crippen LogP contribution in [0, 0.1) is 5.92 Å². The van der Waals surface area contributed by atoms with Crippen molar-refractivity contribution in [2.75, 3.05) is 6.54 Å². The molecule has 0 aromatic carbocycles. The number of rotatable bonds is 5. The zero-order valence-corrected chi connectivity index (χ0v) is 8.95. The van der Waals surface area contributed by atoms with Crippen molar-refractivity contribution in [3.8, 4) is 0 Å². The van der Waals surface area contributed by atoms with E-state index in [1.54, 1.807) is 6.92 Å². The largest absolute Gasteiger partial charge is 0.481 e. The molecule has 82 valence electrons. The van der Waals surface area contributed by atoms with Crippen LogP contribution in [0.5, 0.6) is 0 Å². The average Bonchev–Trinajstić information content (AvgIpc) is 2.65. The molecular formula is C8H11N3O3S. The molecule has 0 aliphatic carbocycles. The van der Waals surface area contributed by atoms with Gasteiger partial charge < -0.3 is 10.4 Å². The summed E-state index contributed by atoms with van der Waals surface area (Å²) >= 11 is 1.01. The van der Waals surface area contributed by atoms with E-state index in [9.17, 15) is 9.59 Å². The molecule has 1 rings (SSSR count). The molecule has 1 amide bonds. The van der Waals surface area contributed by atoms with Crippen LogP contribution < -0.4 is 5.32 Å². The Labute approximate surface area is 90.5 Å². The zero-order chi connectivity index (χ0) is 11.3. The molecule has 1 heterocycles. The van der Waals surface area contributed by atoms with Gasteiger partial charge in [-0.3, -0.25) is 9.59 Å². The first kappa shape index (κ1) is 11.6. The molecule has 0 aliphatic heterocycles. The van der Waals surface area contributed by atoms with Crippen LogP contribution in [-0.4, -0.2) is 33.1 Å². The Hall–Kier alpha value is -1.50. The van der Waals surface area contributed by atoms with E-state index in [1.165, 1.54) is 6.20 Å². The average molecular weight is 229 g/mol. The van der Waals surface area contributed by atoms with Gasteiger partial charge in [0.1, 0.15) is 4.88 Å². The number of carboxylic acid groups (broad SMARTS) is 1. The van der Waals surface area contributed by atoms with Gasteiger partial charge in [0.25, 0.3) is 5.91 Å². The molecule has 6 nitrogen and oxygen atoms in total. The van der Waals surface area contributed by atoms with Gasteiger partial charge in [-0.1, -0.05) is 11.4 Å². The van der Waals surface area contributed by atoms with Crippen LogP contribution in [0.1, 0.15) is 23.0 Å². The molecule has 1 atom stereocenters. The zero-order valence-electron chi connectivity index (χ0n) is 8.14. The summed E-state index contributed by atoms with van der Waals surface area (Å²) in [6, 6.07) is 0. The number of aromatic nitrogens is 2. The standard InChI is InChI=1S/C8H11N3O3S/c1-5(2-7(12)13)3-9-8(14)6-4-10-11-15-6/h4-5H,2-3H2,1H3,(H,9,14)(H,12,13). The van der Waals surface area contributed by atoms with Gasteiger partial charge >= 0.3 is 5.97 Å². The van der Waals surface area contributed by atoms with Gasteiger partial charge in [0.15, 0.2) is 0 Å². The number of hydrogen-bond acceptors (Lipinski definition) is 5. The van der Waals surface area contributed by atoms with Gasteiger partial charge in [-0.25, -0.2) is 0 Å². The fourth-order valence-electron chi connectivity index (χ4n) is 0.992. The first-order chi connectivity index (χ1) is 7.09. The minimum atomic E-state index is -0.865. The summed E-state index contributed by atoms with van der Waals surface area (Å²) in [6.45, 7) is 2.10. The van der Waals surface area contributed by atoms with Crippen LogP contribution in [0.15, 0.2) is 6.20 Å². The van der Waals surface area contributed by atoms with Crippen LogP contribution in [-0.2, 0) is 4.79 Å². The summed E-state index contributed by atoms with van der Waals surface area (Å²) in [5.41, 5.74) is 0. The lowest BCUT2D eigenvalue weighted by Crippen LogP contribution is -2.28. The summed E-state index contributed by atoms with van der Waals surface area (Å²) in [7, 11) is 0. The van der Waals surface area contributed by atoms with Crippen LogP contribution in [0.3, 0.4) is 0 Å². The van der Waals surface area contributed by atoms with Crippen molar-refractivity contribution in [3.05, 3.63) is 11.1 Å². The molecule has 1 aromatic rings. The number of hydrogen-bond donors (Lipinski definition) is 2. The smallest absolute Gasteiger partial charge is 0.303 e. The van der Waals surface area contributed by atoms with Gasteiger partial charge in [0, 0.05) is 13.0 Å². The highest BCUT2D eigenvalue weighted by atomic mass is 32.1. The lowest BCUT2D eigenvalue weighted by atomic mass is 10.1. The highest BCUT2D eigenvalue weighted by Gasteiger charge is 2.11. The molecule has 15 heavy (non-hydrogen) atoms. The predicted molar refractivity (Wildman–Crippen MR) is 53.7 cm³/mol. The molecule has 0 fully saturated rings. The second-order valence-corrected chi connectivity index (χ2v) is 3.98. The van der Waals surface area contributed by atoms with Crippen molar-refractivity contribution in [3.63, 3.8) is 0 Å². The van der Waals surface area contributed by atoms with Gasteiger partial charge in [-0.15, -0.1) is 5.10 Å². The minimum absolute atomic E-state index is 0.0429. The van der Waals surface area contributed by atoms with Crippen LogP contribution >= 0.6 is 11.5 Å². The monoisotopic (exact) mass is 229 g/mol. The van der Waals surface area contributed by atoms with Crippen molar-refractivity contribution in [2.24, 2.45) is 5.92 Å². The van der Waals surface area contributed by atoms with E-state index in [-0.39, 0.29) is 18.2 Å². The molecule has 7 heteroatoms. The van der Waals surface area contributed by atoms with E-state index in [2.05, 4.69) is 14.9 Å². The molecule has 0 aliphatic rings. The third-order valence-electron chi connectivity index (χ3n) is 1.72. The number of nitrogens with zero attached hydrogens (tertiary/aromatic N) is 2. The van der Waals surface area contributed by atoms with Crippen molar-refractivity contribution in [2.45, 2.75) is 13.3 Å². The van der Waals surface area contributed by atoms with Gasteiger partial charge in [-0.05, 0) is 17.5 Å². The predicted octanol–water partition coefficient (Wildman–Crippen LogP) is 0.379. The number of amides is 1. The fourth-order valence-corrected chi connectivity index (χ4v) is 1.42. The Balaban J connectivity index is 2.31. The van der Waals surface area contributed by atoms with E-state index in [0.717, 1.165) is 11.5 Å². The Morgan fingerprint density at radius 2 is 2.40 bits per heavy atom. The van der Waals surface area contributed by atoms with E-state index in [0.29, 0.717) is 11.4 Å². The maximum absolute atomic E-state index is 11.4. The van der Waals surface area contributed by atoms with E-state index >= 15 is 0 Å². The fraction of sp³-hybridized carbons (Fsp3) is 0.500. The highest BCUT2D eigenvalue weighted by molar-refractivity contribution is 7.07. The Morgan fingerprint density at radius 3 is 2.93 bits per heavy atom. The number of nitrogens with one attached hydrogen (secondary N) is 1. The first-order valence-corrected chi connectivity index (χ1v) is 5.14. The molecule has 0 spiro atoms. The molecule has 0 bridgehead atoms. The van der Waals surface area contributed by atoms with Crippen molar-refractivity contribution in [1.82, 2.24) is 14.9 Å². The molecule has 0 saturated carbocycles. The third-order valence-corrected chi connectivity index (χ3v) is 2.38. The highest BCUT2D eigenvalue weighted by Crippen LogP contribution is 2.03. The van der Waals surface area contributed by atoms with E-state index < -0.39 is 5.97 Å². The van der Waals surface area contributed by atoms with Crippen LogP contribution in [0.2, 0.25) is 0 Å². The lowest BCUT2D eigenvalue weighted by molar-refractivity contribution is -0.137. The molecule has 0 saturated heterocycles. The van der Waals surface area contributed by atoms with Gasteiger partial charge in [-0.2, -0.15) is 0 Å². The maximum Gasteiger partial charge on any atom is 0.303 e. The van der Waals surface area contributed by atoms with Crippen molar-refractivity contribution < 1.29 is 14.7 Å². The van der Waals surface area contributed by atoms with Gasteiger partial charge in [0.05, 0.1) is 6.20 Å². The Morgan fingerprint density at radius 1 is 1.67 bits per heavy atom. The summed E-state index contributed by atoms with van der Waals surface area (Å²) in [6.07, 6.45) is 1.42. The summed E-state index contributed by atoms with van der Waals surface area (Å²) < 4.78 is 3.56. The Bertz CT molecular complexity index is 339. The van der Waals surface area contributed by atoms with E-state index in [1.807, 2.05) is 0 Å². The molecule has 0 radical (unpaired) electrons. The SMILES string of the molecule is CC(CNC(=O)c1cnns1)CC(=O)O. The molecule has 1 unspecified atom stereocenters. The van der Waals surface area contributed by atoms with Crippen LogP contribution in [0.4, 0.5) is 0 Å². The quantitative estimate of drug-likeness (QED) is 0.761. The van der Waals surface area contributed by atoms with Gasteiger partial charge in [0.2, 0.25) is 0 Å². The molecular weight excluding hydrogens is 218 g/mol. The lowest BCUT2D eigenvalue weighted by Gasteiger charge is -2.08. The minimum Gasteiger partial charge on any atom is -0.481 e. The summed E-state index contributed by atoms with van der Waals surface area (Å²) in [4.78, 5) is 22.1. The van der Waals surface area contributed by atoms with Crippen molar-refractivity contribution >= 4 is 23.4 Å². The topological polar surface area (TPSA) is 92.2 Å². The number of carboxylic acids is 1. The maximum atomic E-state index is 11.4.